The van der Waals surface area contributed by atoms with Crippen LogP contribution in [-0.2, 0) is 9.53 Å². The first-order chi connectivity index (χ1) is 10.8. The van der Waals surface area contributed by atoms with Gasteiger partial charge in [-0.25, -0.2) is 0 Å². The number of piperidine rings is 1. The van der Waals surface area contributed by atoms with Gasteiger partial charge in [0.15, 0.2) is 6.10 Å². The standard InChI is InChI=1S/C18H26N2O2/c21-18(20-15-9-6-12-19-13-15)17(14-7-2-1-3-8-14)22-16-10-4-5-11-16/h1-3,7-8,15-17,19H,4-6,9-13H2,(H,20,21)/t15-,17?/m0/s1. The first-order valence-corrected chi connectivity index (χ1v) is 8.54. The second-order valence-electron chi connectivity index (χ2n) is 6.39. The molecule has 2 N–H and O–H groups in total. The van der Waals surface area contributed by atoms with Gasteiger partial charge < -0.3 is 15.4 Å². The van der Waals surface area contributed by atoms with Gasteiger partial charge in [-0.3, -0.25) is 4.79 Å². The zero-order valence-corrected chi connectivity index (χ0v) is 13.1. The molecular formula is C18H26N2O2. The number of rotatable bonds is 5. The summed E-state index contributed by atoms with van der Waals surface area (Å²) >= 11 is 0. The predicted octanol–water partition coefficient (Wildman–Crippen LogP) is 2.56. The molecule has 0 bridgehead atoms. The Bertz CT molecular complexity index is 465. The topological polar surface area (TPSA) is 50.4 Å². The van der Waals surface area contributed by atoms with Crippen molar-refractivity contribution < 1.29 is 9.53 Å². The molecule has 1 saturated heterocycles. The molecule has 4 heteroatoms. The third-order valence-electron chi connectivity index (χ3n) is 4.61. The predicted molar refractivity (Wildman–Crippen MR) is 86.6 cm³/mol. The first kappa shape index (κ1) is 15.5. The third-order valence-corrected chi connectivity index (χ3v) is 4.61. The Morgan fingerprint density at radius 2 is 1.91 bits per heavy atom. The smallest absolute Gasteiger partial charge is 0.254 e. The minimum atomic E-state index is -0.480. The molecule has 1 amide bonds. The number of ether oxygens (including phenoxy) is 1. The van der Waals surface area contributed by atoms with Crippen LogP contribution in [0.1, 0.15) is 50.2 Å². The van der Waals surface area contributed by atoms with E-state index in [9.17, 15) is 4.79 Å². The summed E-state index contributed by atoms with van der Waals surface area (Å²) in [4.78, 5) is 12.7. The molecule has 1 aromatic carbocycles. The summed E-state index contributed by atoms with van der Waals surface area (Å²) in [6.45, 7) is 1.91. The molecule has 2 aliphatic rings. The van der Waals surface area contributed by atoms with Gasteiger partial charge in [-0.05, 0) is 37.8 Å². The molecule has 1 aliphatic carbocycles. The Hall–Kier alpha value is -1.39. The van der Waals surface area contributed by atoms with E-state index in [1.807, 2.05) is 30.3 Å². The maximum atomic E-state index is 12.7. The quantitative estimate of drug-likeness (QED) is 0.879. The van der Waals surface area contributed by atoms with Crippen molar-refractivity contribution in [1.82, 2.24) is 10.6 Å². The van der Waals surface area contributed by atoms with Crippen molar-refractivity contribution in [2.75, 3.05) is 13.1 Å². The van der Waals surface area contributed by atoms with Crippen molar-refractivity contribution in [1.29, 1.82) is 0 Å². The highest BCUT2D eigenvalue weighted by atomic mass is 16.5. The van der Waals surface area contributed by atoms with Crippen LogP contribution in [0.2, 0.25) is 0 Å². The van der Waals surface area contributed by atoms with Crippen molar-refractivity contribution >= 4 is 5.91 Å². The molecule has 0 radical (unpaired) electrons. The Morgan fingerprint density at radius 3 is 2.59 bits per heavy atom. The lowest BCUT2D eigenvalue weighted by atomic mass is 10.0. The highest BCUT2D eigenvalue weighted by molar-refractivity contribution is 5.82. The number of carbonyl (C=O) groups excluding carboxylic acids is 1. The van der Waals surface area contributed by atoms with E-state index >= 15 is 0 Å². The van der Waals surface area contributed by atoms with Gasteiger partial charge in [0.05, 0.1) is 6.10 Å². The van der Waals surface area contributed by atoms with Crippen molar-refractivity contribution in [2.45, 2.75) is 56.8 Å². The van der Waals surface area contributed by atoms with Gasteiger partial charge in [0, 0.05) is 12.6 Å². The van der Waals surface area contributed by atoms with Crippen LogP contribution in [0.15, 0.2) is 30.3 Å². The number of hydrogen-bond donors (Lipinski definition) is 2. The highest BCUT2D eigenvalue weighted by Crippen LogP contribution is 2.28. The molecule has 0 spiro atoms. The van der Waals surface area contributed by atoms with Crippen LogP contribution in [0.25, 0.3) is 0 Å². The summed E-state index contributed by atoms with van der Waals surface area (Å²) < 4.78 is 6.17. The number of amides is 1. The number of benzene rings is 1. The number of nitrogens with one attached hydrogen (secondary N) is 2. The molecular weight excluding hydrogens is 276 g/mol. The maximum absolute atomic E-state index is 12.7. The van der Waals surface area contributed by atoms with Gasteiger partial charge in [-0.2, -0.15) is 0 Å². The normalized spacial score (nSPS) is 24.1. The van der Waals surface area contributed by atoms with Gasteiger partial charge in [0.25, 0.3) is 5.91 Å². The van der Waals surface area contributed by atoms with Crippen LogP contribution in [-0.4, -0.2) is 31.1 Å². The van der Waals surface area contributed by atoms with Crippen molar-refractivity contribution in [3.63, 3.8) is 0 Å². The van der Waals surface area contributed by atoms with E-state index in [0.717, 1.165) is 44.3 Å². The summed E-state index contributed by atoms with van der Waals surface area (Å²) in [7, 11) is 0. The molecule has 1 aliphatic heterocycles. The van der Waals surface area contributed by atoms with Crippen LogP contribution in [0.3, 0.4) is 0 Å². The van der Waals surface area contributed by atoms with Crippen LogP contribution in [0, 0.1) is 0 Å². The molecule has 0 aromatic heterocycles. The van der Waals surface area contributed by atoms with Gasteiger partial charge in [-0.15, -0.1) is 0 Å². The molecule has 22 heavy (non-hydrogen) atoms. The Balaban J connectivity index is 1.67. The molecule has 4 nitrogen and oxygen atoms in total. The Kier molecular flexibility index (Phi) is 5.46. The summed E-state index contributed by atoms with van der Waals surface area (Å²) in [6.07, 6.45) is 6.46. The lowest BCUT2D eigenvalue weighted by Crippen LogP contribution is -2.47. The maximum Gasteiger partial charge on any atom is 0.254 e. The van der Waals surface area contributed by atoms with E-state index in [1.54, 1.807) is 0 Å². The summed E-state index contributed by atoms with van der Waals surface area (Å²) in [6, 6.07) is 10.1. The SMILES string of the molecule is O=C(N[C@H]1CCCNC1)C(OC1CCCC1)c1ccccc1. The zero-order valence-electron chi connectivity index (χ0n) is 13.1. The van der Waals surface area contributed by atoms with Gasteiger partial charge in [0.1, 0.15) is 0 Å². The Morgan fingerprint density at radius 1 is 1.14 bits per heavy atom. The zero-order chi connectivity index (χ0) is 15.2. The molecule has 120 valence electrons. The van der Waals surface area contributed by atoms with E-state index < -0.39 is 6.10 Å². The summed E-state index contributed by atoms with van der Waals surface area (Å²) in [5.41, 5.74) is 0.954. The van der Waals surface area contributed by atoms with E-state index in [1.165, 1.54) is 12.8 Å². The van der Waals surface area contributed by atoms with Crippen LogP contribution in [0.4, 0.5) is 0 Å². The van der Waals surface area contributed by atoms with Crippen molar-refractivity contribution in [2.24, 2.45) is 0 Å². The van der Waals surface area contributed by atoms with Gasteiger partial charge >= 0.3 is 0 Å². The molecule has 2 atom stereocenters. The fraction of sp³-hybridized carbons (Fsp3) is 0.611. The van der Waals surface area contributed by atoms with E-state index in [4.69, 9.17) is 4.74 Å². The van der Waals surface area contributed by atoms with Crippen LogP contribution in [0.5, 0.6) is 0 Å². The second kappa shape index (κ2) is 7.75. The minimum Gasteiger partial charge on any atom is -0.360 e. The first-order valence-electron chi connectivity index (χ1n) is 8.54. The number of hydrogen-bond acceptors (Lipinski definition) is 3. The fourth-order valence-electron chi connectivity index (χ4n) is 3.39. The van der Waals surface area contributed by atoms with Crippen LogP contribution >= 0.6 is 0 Å². The second-order valence-corrected chi connectivity index (χ2v) is 6.39. The third kappa shape index (κ3) is 4.08. The average Bonchev–Trinajstić information content (AvgIpc) is 3.07. The lowest BCUT2D eigenvalue weighted by Gasteiger charge is -2.27. The summed E-state index contributed by atoms with van der Waals surface area (Å²) in [5.74, 6) is 0.00630. The van der Waals surface area contributed by atoms with E-state index in [2.05, 4.69) is 10.6 Å². The highest BCUT2D eigenvalue weighted by Gasteiger charge is 2.28. The van der Waals surface area contributed by atoms with Crippen molar-refractivity contribution in [3.05, 3.63) is 35.9 Å². The number of carbonyl (C=O) groups is 1. The molecule has 1 saturated carbocycles. The minimum absolute atomic E-state index is 0.00630. The van der Waals surface area contributed by atoms with Crippen LogP contribution < -0.4 is 10.6 Å². The largest absolute Gasteiger partial charge is 0.360 e. The molecule has 2 fully saturated rings. The van der Waals surface area contributed by atoms with Crippen molar-refractivity contribution in [3.8, 4) is 0 Å². The molecule has 3 rings (SSSR count). The lowest BCUT2D eigenvalue weighted by molar-refractivity contribution is -0.138. The molecule has 1 aromatic rings. The monoisotopic (exact) mass is 302 g/mol. The summed E-state index contributed by atoms with van der Waals surface area (Å²) in [5, 5.41) is 6.50. The average molecular weight is 302 g/mol. The fourth-order valence-corrected chi connectivity index (χ4v) is 3.39. The molecule has 1 heterocycles. The van der Waals surface area contributed by atoms with Gasteiger partial charge in [-0.1, -0.05) is 43.2 Å². The Labute approximate surface area is 132 Å². The van der Waals surface area contributed by atoms with Gasteiger partial charge in [0.2, 0.25) is 0 Å². The van der Waals surface area contributed by atoms with E-state index in [-0.39, 0.29) is 18.1 Å². The van der Waals surface area contributed by atoms with E-state index in [0.29, 0.717) is 0 Å². The molecule has 1 unspecified atom stereocenters.